The lowest BCUT2D eigenvalue weighted by molar-refractivity contribution is -0.130. The summed E-state index contributed by atoms with van der Waals surface area (Å²) in [5, 5.41) is 0. The summed E-state index contributed by atoms with van der Waals surface area (Å²) in [7, 11) is -3.85. The highest BCUT2D eigenvalue weighted by Crippen LogP contribution is 2.30. The second-order valence-corrected chi connectivity index (χ2v) is 7.68. The molecule has 9 heteroatoms. The van der Waals surface area contributed by atoms with Gasteiger partial charge in [-0.3, -0.25) is 4.79 Å². The molecule has 26 heavy (non-hydrogen) atoms. The van der Waals surface area contributed by atoms with Crippen molar-refractivity contribution in [1.82, 2.24) is 9.62 Å². The zero-order valence-corrected chi connectivity index (χ0v) is 16.0. The molecule has 0 aromatic heterocycles. The Bertz CT molecular complexity index is 723. The Morgan fingerprint density at radius 1 is 1.27 bits per heavy atom. The molecule has 1 aromatic rings. The van der Waals surface area contributed by atoms with Gasteiger partial charge in [-0.05, 0) is 38.8 Å². The molecule has 2 rings (SSSR count). The number of hydrogen-bond donors (Lipinski definition) is 2. The molecule has 0 radical (unpaired) electrons. The quantitative estimate of drug-likeness (QED) is 0.648. The van der Waals surface area contributed by atoms with Gasteiger partial charge in [-0.2, -0.15) is 0 Å². The van der Waals surface area contributed by atoms with Gasteiger partial charge in [-0.25, -0.2) is 13.1 Å². The fourth-order valence-corrected chi connectivity index (χ4v) is 3.94. The Labute approximate surface area is 154 Å². The average Bonchev–Trinajstić information content (AvgIpc) is 3.10. The Hall–Kier alpha value is -1.84. The van der Waals surface area contributed by atoms with E-state index in [1.165, 1.54) is 12.1 Å². The van der Waals surface area contributed by atoms with E-state index in [4.69, 9.17) is 15.2 Å². The smallest absolute Gasteiger partial charge is 0.241 e. The molecule has 3 N–H and O–H groups in total. The van der Waals surface area contributed by atoms with Gasteiger partial charge in [0.15, 0.2) is 11.5 Å². The van der Waals surface area contributed by atoms with Crippen LogP contribution in [0.3, 0.4) is 0 Å². The van der Waals surface area contributed by atoms with Crippen LogP contribution in [0.1, 0.15) is 26.7 Å². The van der Waals surface area contributed by atoms with Crippen molar-refractivity contribution < 1.29 is 22.7 Å². The van der Waals surface area contributed by atoms with Crippen molar-refractivity contribution in [3.05, 3.63) is 18.2 Å². The van der Waals surface area contributed by atoms with Crippen LogP contribution in [0.4, 0.5) is 0 Å². The van der Waals surface area contributed by atoms with Crippen LogP contribution in [0.5, 0.6) is 11.5 Å². The minimum Gasteiger partial charge on any atom is -0.490 e. The molecule has 1 saturated heterocycles. The standard InChI is InChI=1S/C17H27N3O5S/c1-3-24-15-8-7-14(10-16(15)25-4-2)26(22,23)19-12-17(21)20-9-5-6-13(20)11-18/h7-8,10,13,19H,3-6,9,11-12,18H2,1-2H3. The molecule has 1 atom stereocenters. The van der Waals surface area contributed by atoms with Crippen molar-refractivity contribution >= 4 is 15.9 Å². The number of carbonyl (C=O) groups excluding carboxylic acids is 1. The first-order chi connectivity index (χ1) is 12.4. The highest BCUT2D eigenvalue weighted by atomic mass is 32.2. The second-order valence-electron chi connectivity index (χ2n) is 5.92. The normalized spacial score (nSPS) is 17.3. The van der Waals surface area contributed by atoms with E-state index in [1.54, 1.807) is 17.9 Å². The molecule has 1 aliphatic heterocycles. The minimum atomic E-state index is -3.85. The first-order valence-electron chi connectivity index (χ1n) is 8.81. The number of sulfonamides is 1. The zero-order valence-electron chi connectivity index (χ0n) is 15.2. The molecule has 0 aliphatic carbocycles. The van der Waals surface area contributed by atoms with Gasteiger partial charge in [0.05, 0.1) is 24.7 Å². The molecule has 0 bridgehead atoms. The molecule has 8 nitrogen and oxygen atoms in total. The molecule has 0 spiro atoms. The molecule has 146 valence electrons. The number of rotatable bonds is 9. The first-order valence-corrected chi connectivity index (χ1v) is 10.3. The highest BCUT2D eigenvalue weighted by molar-refractivity contribution is 7.89. The molecule has 1 amide bonds. The maximum atomic E-state index is 12.5. The SMILES string of the molecule is CCOc1ccc(S(=O)(=O)NCC(=O)N2CCCC2CN)cc1OCC. The van der Waals surface area contributed by atoms with Crippen LogP contribution in [-0.2, 0) is 14.8 Å². The number of ether oxygens (including phenoxy) is 2. The van der Waals surface area contributed by atoms with Crippen molar-refractivity contribution in [1.29, 1.82) is 0 Å². The lowest BCUT2D eigenvalue weighted by Gasteiger charge is -2.23. The van der Waals surface area contributed by atoms with E-state index >= 15 is 0 Å². The monoisotopic (exact) mass is 385 g/mol. The van der Waals surface area contributed by atoms with Crippen molar-refractivity contribution in [3.8, 4) is 11.5 Å². The lowest BCUT2D eigenvalue weighted by Crippen LogP contribution is -2.45. The molecule has 1 fully saturated rings. The summed E-state index contributed by atoms with van der Waals surface area (Å²) in [6, 6.07) is 4.37. The van der Waals surface area contributed by atoms with E-state index in [1.807, 2.05) is 6.92 Å². The van der Waals surface area contributed by atoms with Crippen molar-refractivity contribution in [3.63, 3.8) is 0 Å². The predicted octanol–water partition coefficient (Wildman–Crippen LogP) is 0.712. The van der Waals surface area contributed by atoms with Crippen molar-refractivity contribution in [2.45, 2.75) is 37.6 Å². The number of likely N-dealkylation sites (tertiary alicyclic amines) is 1. The third-order valence-electron chi connectivity index (χ3n) is 4.21. The van der Waals surface area contributed by atoms with Gasteiger partial charge in [-0.15, -0.1) is 0 Å². The maximum absolute atomic E-state index is 12.5. The third-order valence-corrected chi connectivity index (χ3v) is 5.61. The van der Waals surface area contributed by atoms with E-state index in [2.05, 4.69) is 4.72 Å². The number of nitrogens with zero attached hydrogens (tertiary/aromatic N) is 1. The van der Waals surface area contributed by atoms with E-state index in [-0.39, 0.29) is 23.4 Å². The minimum absolute atomic E-state index is 0.0120. The average molecular weight is 385 g/mol. The molecular formula is C17H27N3O5S. The number of benzene rings is 1. The Balaban J connectivity index is 2.09. The summed E-state index contributed by atoms with van der Waals surface area (Å²) in [6.45, 7) is 5.16. The van der Waals surface area contributed by atoms with E-state index in [0.29, 0.717) is 37.8 Å². The van der Waals surface area contributed by atoms with Crippen molar-refractivity contribution in [2.24, 2.45) is 5.73 Å². The van der Waals surface area contributed by atoms with E-state index < -0.39 is 10.0 Å². The van der Waals surface area contributed by atoms with Crippen LogP contribution in [0, 0.1) is 0 Å². The summed E-state index contributed by atoms with van der Waals surface area (Å²) < 4.78 is 38.3. The molecule has 1 heterocycles. The summed E-state index contributed by atoms with van der Waals surface area (Å²) in [4.78, 5) is 14.0. The fourth-order valence-electron chi connectivity index (χ4n) is 2.95. The number of carbonyl (C=O) groups is 1. The summed E-state index contributed by atoms with van der Waals surface area (Å²) in [5.74, 6) is 0.566. The molecular weight excluding hydrogens is 358 g/mol. The number of nitrogens with two attached hydrogens (primary N) is 1. The molecule has 1 unspecified atom stereocenters. The van der Waals surface area contributed by atoms with E-state index in [0.717, 1.165) is 12.8 Å². The van der Waals surface area contributed by atoms with Gasteiger partial charge in [0.2, 0.25) is 15.9 Å². The predicted molar refractivity (Wildman–Crippen MR) is 97.8 cm³/mol. The van der Waals surface area contributed by atoms with Crippen LogP contribution < -0.4 is 19.9 Å². The van der Waals surface area contributed by atoms with Gasteiger partial charge in [0.1, 0.15) is 0 Å². The topological polar surface area (TPSA) is 111 Å². The van der Waals surface area contributed by atoms with Gasteiger partial charge >= 0.3 is 0 Å². The van der Waals surface area contributed by atoms with Gasteiger partial charge in [-0.1, -0.05) is 0 Å². The highest BCUT2D eigenvalue weighted by Gasteiger charge is 2.28. The molecule has 0 saturated carbocycles. The lowest BCUT2D eigenvalue weighted by atomic mass is 10.2. The number of hydrogen-bond acceptors (Lipinski definition) is 6. The molecule has 1 aliphatic rings. The Morgan fingerprint density at radius 3 is 2.62 bits per heavy atom. The largest absolute Gasteiger partial charge is 0.490 e. The zero-order chi connectivity index (χ0) is 19.2. The Kier molecular flexibility index (Phi) is 7.24. The van der Waals surface area contributed by atoms with Gasteiger partial charge in [0, 0.05) is 25.2 Å². The van der Waals surface area contributed by atoms with Gasteiger partial charge < -0.3 is 20.1 Å². The number of amides is 1. The Morgan fingerprint density at radius 2 is 1.96 bits per heavy atom. The van der Waals surface area contributed by atoms with Gasteiger partial charge in [0.25, 0.3) is 0 Å². The summed E-state index contributed by atoms with van der Waals surface area (Å²) >= 11 is 0. The van der Waals surface area contributed by atoms with Crippen LogP contribution >= 0.6 is 0 Å². The summed E-state index contributed by atoms with van der Waals surface area (Å²) in [5.41, 5.74) is 5.66. The van der Waals surface area contributed by atoms with E-state index in [9.17, 15) is 13.2 Å². The van der Waals surface area contributed by atoms with Crippen molar-refractivity contribution in [2.75, 3.05) is 32.8 Å². The second kappa shape index (κ2) is 9.20. The van der Waals surface area contributed by atoms with Crippen LogP contribution in [0.2, 0.25) is 0 Å². The molecule has 1 aromatic carbocycles. The number of nitrogens with one attached hydrogen (secondary N) is 1. The van der Waals surface area contributed by atoms with Crippen LogP contribution in [-0.4, -0.2) is 58.1 Å². The van der Waals surface area contributed by atoms with Crippen LogP contribution in [0.15, 0.2) is 23.1 Å². The third kappa shape index (κ3) is 4.87. The first kappa shape index (κ1) is 20.5. The maximum Gasteiger partial charge on any atom is 0.241 e. The summed E-state index contributed by atoms with van der Waals surface area (Å²) in [6.07, 6.45) is 1.74. The fraction of sp³-hybridized carbons (Fsp3) is 0.588. The van der Waals surface area contributed by atoms with Crippen LogP contribution in [0.25, 0.3) is 0 Å².